The van der Waals surface area contributed by atoms with Gasteiger partial charge < -0.3 is 19.2 Å². The second-order valence-corrected chi connectivity index (χ2v) is 7.24. The first-order chi connectivity index (χ1) is 12.1. The number of furan rings is 1. The van der Waals surface area contributed by atoms with Gasteiger partial charge >= 0.3 is 0 Å². The molecule has 5 heteroatoms. The van der Waals surface area contributed by atoms with E-state index in [0.29, 0.717) is 6.04 Å². The van der Waals surface area contributed by atoms with Crippen molar-refractivity contribution in [1.82, 2.24) is 4.90 Å². The second-order valence-electron chi connectivity index (χ2n) is 7.24. The molecule has 2 saturated heterocycles. The van der Waals surface area contributed by atoms with E-state index >= 15 is 0 Å². The third-order valence-corrected chi connectivity index (χ3v) is 5.24. The predicted octanol–water partition coefficient (Wildman–Crippen LogP) is 3.44. The van der Waals surface area contributed by atoms with E-state index in [-0.39, 0.29) is 5.60 Å². The van der Waals surface area contributed by atoms with Crippen molar-refractivity contribution >= 4 is 5.69 Å². The van der Waals surface area contributed by atoms with Gasteiger partial charge in [0, 0.05) is 25.2 Å². The van der Waals surface area contributed by atoms with Crippen LogP contribution in [0.1, 0.15) is 24.4 Å². The predicted molar refractivity (Wildman–Crippen MR) is 97.0 cm³/mol. The van der Waals surface area contributed by atoms with Crippen molar-refractivity contribution in [3.05, 3.63) is 47.9 Å². The summed E-state index contributed by atoms with van der Waals surface area (Å²) in [5.41, 5.74) is 1.11. The van der Waals surface area contributed by atoms with E-state index < -0.39 is 0 Å². The maximum Gasteiger partial charge on any atom is 0.119 e. The lowest BCUT2D eigenvalue weighted by Crippen LogP contribution is -2.33. The Labute approximate surface area is 148 Å². The largest absolute Gasteiger partial charge is 0.497 e. The molecular formula is C20H26N2O3. The lowest BCUT2D eigenvalue weighted by molar-refractivity contribution is 0.0115. The average Bonchev–Trinajstić information content (AvgIpc) is 3.31. The van der Waals surface area contributed by atoms with Crippen LogP contribution >= 0.6 is 0 Å². The Morgan fingerprint density at radius 1 is 1.24 bits per heavy atom. The van der Waals surface area contributed by atoms with Gasteiger partial charge in [-0.2, -0.15) is 0 Å². The first-order valence-corrected chi connectivity index (χ1v) is 8.96. The molecule has 2 aliphatic rings. The Morgan fingerprint density at radius 2 is 2.08 bits per heavy atom. The van der Waals surface area contributed by atoms with Crippen LogP contribution in [0.5, 0.6) is 5.75 Å². The smallest absolute Gasteiger partial charge is 0.119 e. The summed E-state index contributed by atoms with van der Waals surface area (Å²) >= 11 is 0. The Bertz CT molecular complexity index is 712. The van der Waals surface area contributed by atoms with E-state index in [9.17, 15) is 0 Å². The zero-order valence-electron chi connectivity index (χ0n) is 15.0. The molecule has 3 heterocycles. The van der Waals surface area contributed by atoms with Crippen LogP contribution < -0.4 is 10.1 Å². The van der Waals surface area contributed by atoms with Crippen molar-refractivity contribution in [3.8, 4) is 5.75 Å². The molecule has 0 saturated carbocycles. The normalized spacial score (nSPS) is 26.4. The number of rotatable bonds is 5. The number of nitrogens with zero attached hydrogens (tertiary/aromatic N) is 1. The summed E-state index contributed by atoms with van der Waals surface area (Å²) in [7, 11) is 1.69. The van der Waals surface area contributed by atoms with Crippen LogP contribution in [0.3, 0.4) is 0 Å². The van der Waals surface area contributed by atoms with Crippen LogP contribution in [0.2, 0.25) is 0 Å². The van der Waals surface area contributed by atoms with Crippen LogP contribution in [0.15, 0.2) is 40.8 Å². The molecule has 0 unspecified atom stereocenters. The van der Waals surface area contributed by atoms with Crippen LogP contribution in [0, 0.1) is 6.92 Å². The molecule has 134 valence electrons. The van der Waals surface area contributed by atoms with E-state index in [4.69, 9.17) is 13.9 Å². The number of likely N-dealkylation sites (tertiary alicyclic amines) is 1. The third kappa shape index (κ3) is 3.67. The van der Waals surface area contributed by atoms with Gasteiger partial charge in [0.1, 0.15) is 17.3 Å². The van der Waals surface area contributed by atoms with Gasteiger partial charge in [-0.15, -0.1) is 0 Å². The first kappa shape index (κ1) is 16.5. The van der Waals surface area contributed by atoms with Crippen molar-refractivity contribution in [3.63, 3.8) is 0 Å². The number of hydrogen-bond donors (Lipinski definition) is 1. The maximum absolute atomic E-state index is 6.24. The van der Waals surface area contributed by atoms with Gasteiger partial charge in [-0.25, -0.2) is 0 Å². The van der Waals surface area contributed by atoms with Gasteiger partial charge in [0.05, 0.1) is 31.9 Å². The highest BCUT2D eigenvalue weighted by Crippen LogP contribution is 2.36. The monoisotopic (exact) mass is 342 g/mol. The van der Waals surface area contributed by atoms with Crippen LogP contribution in [-0.4, -0.2) is 43.3 Å². The van der Waals surface area contributed by atoms with Gasteiger partial charge in [-0.3, -0.25) is 4.90 Å². The topological polar surface area (TPSA) is 46.9 Å². The highest BCUT2D eigenvalue weighted by atomic mass is 16.5. The summed E-state index contributed by atoms with van der Waals surface area (Å²) in [4.78, 5) is 2.44. The van der Waals surface area contributed by atoms with E-state index in [1.165, 1.54) is 0 Å². The number of aryl methyl sites for hydroxylation is 1. The zero-order valence-corrected chi connectivity index (χ0v) is 15.0. The molecule has 5 nitrogen and oxygen atoms in total. The number of benzene rings is 1. The second kappa shape index (κ2) is 6.73. The van der Waals surface area contributed by atoms with E-state index in [1.807, 2.05) is 25.1 Å². The maximum atomic E-state index is 6.24. The van der Waals surface area contributed by atoms with Crippen molar-refractivity contribution in [2.45, 2.75) is 38.0 Å². The van der Waals surface area contributed by atoms with Gasteiger partial charge in [0.15, 0.2) is 0 Å². The molecule has 1 aromatic heterocycles. The molecule has 0 radical (unpaired) electrons. The molecule has 0 amide bonds. The number of nitrogens with one attached hydrogen (secondary N) is 1. The third-order valence-electron chi connectivity index (χ3n) is 5.24. The van der Waals surface area contributed by atoms with Crippen molar-refractivity contribution in [2.24, 2.45) is 0 Å². The molecule has 1 N–H and O–H groups in total. The summed E-state index contributed by atoms with van der Waals surface area (Å²) in [5.74, 6) is 2.90. The lowest BCUT2D eigenvalue weighted by atomic mass is 9.97. The Morgan fingerprint density at radius 3 is 2.80 bits per heavy atom. The number of ether oxygens (including phenoxy) is 2. The van der Waals surface area contributed by atoms with Crippen LogP contribution in [0.4, 0.5) is 5.69 Å². The highest BCUT2D eigenvalue weighted by Gasteiger charge is 2.45. The SMILES string of the molecule is COc1ccc(N[C@@H]2CO[C@]3(CCN(Cc4ccc(C)o4)C3)C2)cc1. The Kier molecular flexibility index (Phi) is 4.44. The molecule has 1 spiro atoms. The number of methoxy groups -OCH3 is 1. The molecule has 0 bridgehead atoms. The standard InChI is InChI=1S/C20H26N2O3/c1-15-3-6-19(25-15)12-22-10-9-20(14-22)11-17(13-24-20)21-16-4-7-18(23-2)8-5-16/h3-8,17,21H,9-14H2,1-2H3/t17-,20+/m0/s1. The minimum absolute atomic E-state index is 0.00816. The minimum atomic E-state index is -0.00816. The number of hydrogen-bond acceptors (Lipinski definition) is 5. The van der Waals surface area contributed by atoms with Crippen LogP contribution in [0.25, 0.3) is 0 Å². The lowest BCUT2D eigenvalue weighted by Gasteiger charge is -2.23. The molecule has 0 aliphatic carbocycles. The van der Waals surface area contributed by atoms with Crippen molar-refractivity contribution in [1.29, 1.82) is 0 Å². The molecule has 2 aromatic rings. The summed E-state index contributed by atoms with van der Waals surface area (Å²) in [5, 5.41) is 3.59. The Balaban J connectivity index is 1.32. The van der Waals surface area contributed by atoms with Gasteiger partial charge in [-0.1, -0.05) is 0 Å². The fraction of sp³-hybridized carbons (Fsp3) is 0.500. The highest BCUT2D eigenvalue weighted by molar-refractivity contribution is 5.47. The fourth-order valence-electron chi connectivity index (χ4n) is 4.00. The summed E-state index contributed by atoms with van der Waals surface area (Å²) in [6.07, 6.45) is 2.14. The van der Waals surface area contributed by atoms with Crippen LogP contribution in [-0.2, 0) is 11.3 Å². The van der Waals surface area contributed by atoms with E-state index in [2.05, 4.69) is 28.4 Å². The first-order valence-electron chi connectivity index (χ1n) is 8.96. The van der Waals surface area contributed by atoms with E-state index in [0.717, 1.165) is 62.0 Å². The quantitative estimate of drug-likeness (QED) is 0.902. The zero-order chi connectivity index (χ0) is 17.3. The molecule has 2 fully saturated rings. The molecule has 4 rings (SSSR count). The Hall–Kier alpha value is -1.98. The van der Waals surface area contributed by atoms with Gasteiger partial charge in [0.25, 0.3) is 0 Å². The summed E-state index contributed by atoms with van der Waals surface area (Å²) in [6.45, 7) is 5.67. The molecule has 25 heavy (non-hydrogen) atoms. The minimum Gasteiger partial charge on any atom is -0.497 e. The van der Waals surface area contributed by atoms with Crippen molar-refractivity contribution in [2.75, 3.05) is 32.1 Å². The average molecular weight is 342 g/mol. The summed E-state index contributed by atoms with van der Waals surface area (Å²) in [6, 6.07) is 12.5. The molecule has 2 aliphatic heterocycles. The van der Waals surface area contributed by atoms with Gasteiger partial charge in [0.2, 0.25) is 0 Å². The van der Waals surface area contributed by atoms with Gasteiger partial charge in [-0.05, 0) is 49.7 Å². The molecule has 1 aromatic carbocycles. The molecule has 2 atom stereocenters. The van der Waals surface area contributed by atoms with E-state index in [1.54, 1.807) is 7.11 Å². The summed E-state index contributed by atoms with van der Waals surface area (Å²) < 4.78 is 17.2. The molecular weight excluding hydrogens is 316 g/mol. The fourth-order valence-corrected chi connectivity index (χ4v) is 4.00. The number of anilines is 1. The van der Waals surface area contributed by atoms with Crippen molar-refractivity contribution < 1.29 is 13.9 Å².